The highest BCUT2D eigenvalue weighted by atomic mass is 35.5. The normalized spacial score (nSPS) is 21.6. The summed E-state index contributed by atoms with van der Waals surface area (Å²) in [6.45, 7) is 1.20. The zero-order valence-electron chi connectivity index (χ0n) is 7.86. The van der Waals surface area contributed by atoms with Gasteiger partial charge >= 0.3 is 0 Å². The van der Waals surface area contributed by atoms with Gasteiger partial charge in [0.05, 0.1) is 12.6 Å². The van der Waals surface area contributed by atoms with Gasteiger partial charge in [0.1, 0.15) is 5.15 Å². The van der Waals surface area contributed by atoms with Crippen LogP contribution in [0.15, 0.2) is 18.3 Å². The summed E-state index contributed by atoms with van der Waals surface area (Å²) in [5.74, 6) is 0. The van der Waals surface area contributed by atoms with Crippen LogP contribution in [0.25, 0.3) is 0 Å². The second-order valence-corrected chi connectivity index (χ2v) is 3.90. The van der Waals surface area contributed by atoms with Crippen molar-refractivity contribution in [2.24, 2.45) is 0 Å². The fourth-order valence-corrected chi connectivity index (χ4v) is 2.10. The molecule has 76 valence electrons. The summed E-state index contributed by atoms with van der Waals surface area (Å²) in [5, 5.41) is 9.68. The van der Waals surface area contributed by atoms with E-state index in [4.69, 9.17) is 11.6 Å². The second-order valence-electron chi connectivity index (χ2n) is 3.51. The minimum Gasteiger partial charge on any atom is -0.394 e. The maximum absolute atomic E-state index is 9.18. The third kappa shape index (κ3) is 1.83. The van der Waals surface area contributed by atoms with E-state index in [0.717, 1.165) is 25.1 Å². The van der Waals surface area contributed by atoms with Gasteiger partial charge in [-0.2, -0.15) is 0 Å². The topological polar surface area (TPSA) is 36.4 Å². The molecule has 1 atom stereocenters. The smallest absolute Gasteiger partial charge is 0.131 e. The molecule has 0 aromatic carbocycles. The first kappa shape index (κ1) is 9.74. The van der Waals surface area contributed by atoms with E-state index in [-0.39, 0.29) is 12.6 Å². The Morgan fingerprint density at radius 3 is 3.21 bits per heavy atom. The van der Waals surface area contributed by atoms with Crippen LogP contribution in [-0.2, 0) is 0 Å². The van der Waals surface area contributed by atoms with E-state index < -0.39 is 0 Å². The minimum atomic E-state index is 0.208. The SMILES string of the molecule is OCC1CCCN1c1ccnc(Cl)c1. The molecule has 0 saturated carbocycles. The standard InChI is InChI=1S/C10H13ClN2O/c11-10-6-8(3-4-12-10)13-5-1-2-9(13)7-14/h3-4,6,9,14H,1-2,5,7H2. The fourth-order valence-electron chi connectivity index (χ4n) is 1.94. The third-order valence-corrected chi connectivity index (χ3v) is 2.84. The highest BCUT2D eigenvalue weighted by Crippen LogP contribution is 2.26. The largest absolute Gasteiger partial charge is 0.394 e. The van der Waals surface area contributed by atoms with Crippen LogP contribution in [0.2, 0.25) is 5.15 Å². The summed E-state index contributed by atoms with van der Waals surface area (Å²) >= 11 is 5.81. The van der Waals surface area contributed by atoms with E-state index >= 15 is 0 Å². The molecule has 0 spiro atoms. The average molecular weight is 213 g/mol. The summed E-state index contributed by atoms with van der Waals surface area (Å²) in [7, 11) is 0. The first-order chi connectivity index (χ1) is 6.81. The molecule has 1 unspecified atom stereocenters. The lowest BCUT2D eigenvalue weighted by Gasteiger charge is -2.25. The van der Waals surface area contributed by atoms with Crippen molar-refractivity contribution in [3.63, 3.8) is 0 Å². The highest BCUT2D eigenvalue weighted by molar-refractivity contribution is 6.29. The van der Waals surface area contributed by atoms with Gasteiger partial charge in [-0.25, -0.2) is 4.98 Å². The monoisotopic (exact) mass is 212 g/mol. The van der Waals surface area contributed by atoms with Gasteiger partial charge < -0.3 is 10.0 Å². The van der Waals surface area contributed by atoms with Crippen LogP contribution in [0.1, 0.15) is 12.8 Å². The van der Waals surface area contributed by atoms with Crippen molar-refractivity contribution in [3.05, 3.63) is 23.5 Å². The number of halogens is 1. The second kappa shape index (κ2) is 4.15. The van der Waals surface area contributed by atoms with E-state index in [9.17, 15) is 5.11 Å². The van der Waals surface area contributed by atoms with Crippen molar-refractivity contribution in [1.82, 2.24) is 4.98 Å². The Morgan fingerprint density at radius 2 is 2.50 bits per heavy atom. The Labute approximate surface area is 88.3 Å². The summed E-state index contributed by atoms with van der Waals surface area (Å²) in [5.41, 5.74) is 1.06. The van der Waals surface area contributed by atoms with Crippen LogP contribution in [0, 0.1) is 0 Å². The number of pyridine rings is 1. The Bertz CT molecular complexity index is 319. The fraction of sp³-hybridized carbons (Fsp3) is 0.500. The van der Waals surface area contributed by atoms with Gasteiger partial charge in [0.25, 0.3) is 0 Å². The minimum absolute atomic E-state index is 0.208. The summed E-state index contributed by atoms with van der Waals surface area (Å²) < 4.78 is 0. The van der Waals surface area contributed by atoms with Gasteiger partial charge in [-0.05, 0) is 25.0 Å². The van der Waals surface area contributed by atoms with Gasteiger partial charge in [0.2, 0.25) is 0 Å². The lowest BCUT2D eigenvalue weighted by molar-refractivity contribution is 0.266. The van der Waals surface area contributed by atoms with Crippen LogP contribution < -0.4 is 4.90 Å². The van der Waals surface area contributed by atoms with Crippen molar-refractivity contribution in [1.29, 1.82) is 0 Å². The molecule has 3 nitrogen and oxygen atoms in total. The van der Waals surface area contributed by atoms with Gasteiger partial charge in [0.15, 0.2) is 0 Å². The van der Waals surface area contributed by atoms with Crippen LogP contribution in [0.5, 0.6) is 0 Å². The van der Waals surface area contributed by atoms with E-state index in [1.54, 1.807) is 6.20 Å². The van der Waals surface area contributed by atoms with Gasteiger partial charge in [-0.3, -0.25) is 0 Å². The molecule has 1 fully saturated rings. The number of rotatable bonds is 2. The molecule has 2 rings (SSSR count). The van der Waals surface area contributed by atoms with Crippen molar-refractivity contribution >= 4 is 17.3 Å². The first-order valence-electron chi connectivity index (χ1n) is 4.80. The molecule has 0 amide bonds. The molecule has 1 aliphatic heterocycles. The molecular formula is C10H13ClN2O. The molecule has 1 saturated heterocycles. The van der Waals surface area contributed by atoms with Crippen molar-refractivity contribution in [3.8, 4) is 0 Å². The molecule has 14 heavy (non-hydrogen) atoms. The van der Waals surface area contributed by atoms with E-state index in [2.05, 4.69) is 9.88 Å². The lowest BCUT2D eigenvalue weighted by atomic mass is 10.2. The molecular weight excluding hydrogens is 200 g/mol. The van der Waals surface area contributed by atoms with Crippen molar-refractivity contribution in [2.75, 3.05) is 18.1 Å². The third-order valence-electron chi connectivity index (χ3n) is 2.63. The Hall–Kier alpha value is -0.800. The molecule has 1 N–H and O–H groups in total. The zero-order valence-corrected chi connectivity index (χ0v) is 8.61. The molecule has 0 aliphatic carbocycles. The molecule has 0 radical (unpaired) electrons. The number of anilines is 1. The van der Waals surface area contributed by atoms with Crippen LogP contribution in [0.4, 0.5) is 5.69 Å². The Balaban J connectivity index is 2.21. The molecule has 1 aliphatic rings. The number of hydrogen-bond donors (Lipinski definition) is 1. The number of aliphatic hydroxyl groups excluding tert-OH is 1. The molecule has 4 heteroatoms. The average Bonchev–Trinajstić information content (AvgIpc) is 2.65. The summed E-state index contributed by atoms with van der Waals surface area (Å²) in [6.07, 6.45) is 3.88. The quantitative estimate of drug-likeness (QED) is 0.759. The van der Waals surface area contributed by atoms with Crippen LogP contribution in [-0.4, -0.2) is 29.3 Å². The number of aromatic nitrogens is 1. The van der Waals surface area contributed by atoms with Crippen molar-refractivity contribution < 1.29 is 5.11 Å². The van der Waals surface area contributed by atoms with Crippen LogP contribution >= 0.6 is 11.6 Å². The van der Waals surface area contributed by atoms with E-state index in [1.807, 2.05) is 12.1 Å². The number of aliphatic hydroxyl groups is 1. The summed E-state index contributed by atoms with van der Waals surface area (Å²) in [6, 6.07) is 4.02. The zero-order chi connectivity index (χ0) is 9.97. The Morgan fingerprint density at radius 1 is 1.64 bits per heavy atom. The molecule has 0 bridgehead atoms. The van der Waals surface area contributed by atoms with Crippen molar-refractivity contribution in [2.45, 2.75) is 18.9 Å². The van der Waals surface area contributed by atoms with Crippen LogP contribution in [0.3, 0.4) is 0 Å². The van der Waals surface area contributed by atoms with Gasteiger partial charge in [-0.1, -0.05) is 11.6 Å². The lowest BCUT2D eigenvalue weighted by Crippen LogP contribution is -2.31. The predicted molar refractivity (Wildman–Crippen MR) is 56.7 cm³/mol. The van der Waals surface area contributed by atoms with Gasteiger partial charge in [-0.15, -0.1) is 0 Å². The molecule has 2 heterocycles. The maximum atomic E-state index is 9.18. The van der Waals surface area contributed by atoms with E-state index in [1.165, 1.54) is 0 Å². The van der Waals surface area contributed by atoms with E-state index in [0.29, 0.717) is 5.15 Å². The Kier molecular flexibility index (Phi) is 2.89. The number of nitrogens with zero attached hydrogens (tertiary/aromatic N) is 2. The number of hydrogen-bond acceptors (Lipinski definition) is 3. The highest BCUT2D eigenvalue weighted by Gasteiger charge is 2.23. The molecule has 1 aromatic heterocycles. The maximum Gasteiger partial charge on any atom is 0.131 e. The van der Waals surface area contributed by atoms with Gasteiger partial charge in [0, 0.05) is 18.4 Å². The summed E-state index contributed by atoms with van der Waals surface area (Å²) in [4.78, 5) is 6.13. The predicted octanol–water partition coefficient (Wildman–Crippen LogP) is 1.70. The first-order valence-corrected chi connectivity index (χ1v) is 5.18. The molecule has 1 aromatic rings.